The van der Waals surface area contributed by atoms with Crippen molar-refractivity contribution in [3.8, 4) is 0 Å². The number of nitrogens with zero attached hydrogens (tertiary/aromatic N) is 2. The molecular weight excluding hydrogens is 426 g/mol. The van der Waals surface area contributed by atoms with E-state index < -0.39 is 16.1 Å². The van der Waals surface area contributed by atoms with Gasteiger partial charge in [-0.15, -0.1) is 23.1 Å². The number of carbonyl (C=O) groups excluding carboxylic acids is 1. The van der Waals surface area contributed by atoms with Gasteiger partial charge in [0, 0.05) is 24.1 Å². The molecule has 2 heterocycles. The second-order valence-corrected chi connectivity index (χ2v) is 11.4. The van der Waals surface area contributed by atoms with Gasteiger partial charge in [0.2, 0.25) is 15.9 Å². The molecule has 2 aromatic rings. The van der Waals surface area contributed by atoms with Gasteiger partial charge in [0.25, 0.3) is 0 Å². The van der Waals surface area contributed by atoms with E-state index in [2.05, 4.69) is 10.3 Å². The molecule has 29 heavy (non-hydrogen) atoms. The van der Waals surface area contributed by atoms with E-state index in [0.29, 0.717) is 29.5 Å². The Bertz CT molecular complexity index is 1000. The lowest BCUT2D eigenvalue weighted by Gasteiger charge is -2.24. The third-order valence-corrected chi connectivity index (χ3v) is 9.27. The Morgan fingerprint density at radius 2 is 2.07 bits per heavy atom. The number of thioether (sulfide) groups is 1. The first-order valence-corrected chi connectivity index (χ1v) is 13.3. The number of rotatable bonds is 6. The highest BCUT2D eigenvalue weighted by atomic mass is 32.2. The van der Waals surface area contributed by atoms with Crippen LogP contribution in [-0.4, -0.2) is 47.8 Å². The fourth-order valence-corrected chi connectivity index (χ4v) is 7.68. The average Bonchev–Trinajstić information content (AvgIpc) is 3.37. The van der Waals surface area contributed by atoms with Crippen LogP contribution in [0, 0.1) is 6.92 Å². The van der Waals surface area contributed by atoms with Crippen molar-refractivity contribution >= 4 is 39.0 Å². The van der Waals surface area contributed by atoms with Gasteiger partial charge in [0.05, 0.1) is 21.5 Å². The lowest BCUT2D eigenvalue weighted by atomic mass is 9.92. The number of hydrogen-bond donors (Lipinski definition) is 1. The summed E-state index contributed by atoms with van der Waals surface area (Å²) in [5.74, 6) is 0.553. The molecule has 0 saturated carbocycles. The van der Waals surface area contributed by atoms with Gasteiger partial charge in [0.1, 0.15) is 6.04 Å². The topological polar surface area (TPSA) is 79.4 Å². The number of aryl methyl sites for hydroxylation is 3. The van der Waals surface area contributed by atoms with Crippen molar-refractivity contribution in [2.45, 2.75) is 50.0 Å². The lowest BCUT2D eigenvalue weighted by molar-refractivity contribution is -0.123. The minimum atomic E-state index is -3.70. The summed E-state index contributed by atoms with van der Waals surface area (Å²) in [6.45, 7) is 2.40. The largest absolute Gasteiger partial charge is 0.354 e. The number of thiazole rings is 1. The molecule has 1 aliphatic heterocycles. The van der Waals surface area contributed by atoms with Gasteiger partial charge in [-0.25, -0.2) is 13.4 Å². The van der Waals surface area contributed by atoms with Crippen LogP contribution < -0.4 is 5.32 Å². The fourth-order valence-electron chi connectivity index (χ4n) is 3.83. The maximum Gasteiger partial charge on any atom is 0.244 e. The van der Waals surface area contributed by atoms with Crippen LogP contribution >= 0.6 is 23.1 Å². The van der Waals surface area contributed by atoms with Crippen molar-refractivity contribution in [2.24, 2.45) is 0 Å². The van der Waals surface area contributed by atoms with E-state index >= 15 is 0 Å². The normalized spacial score (nSPS) is 19.8. The summed E-state index contributed by atoms with van der Waals surface area (Å²) in [6.07, 6.45) is 4.84. The van der Waals surface area contributed by atoms with Crippen LogP contribution in [0.25, 0.3) is 0 Å². The maximum absolute atomic E-state index is 13.3. The number of benzene rings is 1. The first kappa shape index (κ1) is 20.8. The number of sulfonamides is 1. The first-order chi connectivity index (χ1) is 13.9. The molecule has 1 N–H and O–H groups in total. The van der Waals surface area contributed by atoms with Gasteiger partial charge in [0.15, 0.2) is 0 Å². The molecule has 6 nitrogen and oxygen atoms in total. The van der Waals surface area contributed by atoms with Crippen LogP contribution in [-0.2, 0) is 34.1 Å². The summed E-state index contributed by atoms with van der Waals surface area (Å²) in [7, 11) is -3.70. The van der Waals surface area contributed by atoms with E-state index in [1.807, 2.05) is 24.4 Å². The van der Waals surface area contributed by atoms with Gasteiger partial charge in [-0.2, -0.15) is 4.31 Å². The Balaban J connectivity index is 1.44. The van der Waals surface area contributed by atoms with E-state index in [9.17, 15) is 13.2 Å². The summed E-state index contributed by atoms with van der Waals surface area (Å²) in [6, 6.07) is 4.78. The SMILES string of the molecule is Cc1nc(CCNC(=O)[C@H]2CSCN2S(=O)(=O)c2ccc3c(c2)CCCC3)cs1. The quantitative estimate of drug-likeness (QED) is 0.731. The van der Waals surface area contributed by atoms with Crippen molar-refractivity contribution in [1.82, 2.24) is 14.6 Å². The predicted molar refractivity (Wildman–Crippen MR) is 117 cm³/mol. The summed E-state index contributed by atoms with van der Waals surface area (Å²) in [5, 5.41) is 5.88. The highest BCUT2D eigenvalue weighted by molar-refractivity contribution is 8.00. The van der Waals surface area contributed by atoms with Crippen molar-refractivity contribution < 1.29 is 13.2 Å². The van der Waals surface area contributed by atoms with Crippen molar-refractivity contribution in [1.29, 1.82) is 0 Å². The van der Waals surface area contributed by atoms with Gasteiger partial charge >= 0.3 is 0 Å². The van der Waals surface area contributed by atoms with E-state index in [0.717, 1.165) is 41.9 Å². The van der Waals surface area contributed by atoms with Crippen molar-refractivity contribution in [3.05, 3.63) is 45.4 Å². The number of hydrogen-bond acceptors (Lipinski definition) is 6. The molecule has 1 aliphatic carbocycles. The third kappa shape index (κ3) is 4.52. The Labute approximate surface area is 180 Å². The highest BCUT2D eigenvalue weighted by Crippen LogP contribution is 2.31. The summed E-state index contributed by atoms with van der Waals surface area (Å²) >= 11 is 3.06. The zero-order valence-corrected chi connectivity index (χ0v) is 18.8. The van der Waals surface area contributed by atoms with E-state index in [1.54, 1.807) is 17.4 Å². The number of fused-ring (bicyclic) bond motifs is 1. The second kappa shape index (κ2) is 8.75. The number of aromatic nitrogens is 1. The summed E-state index contributed by atoms with van der Waals surface area (Å²) in [4.78, 5) is 17.4. The van der Waals surface area contributed by atoms with E-state index in [4.69, 9.17) is 0 Å². The fraction of sp³-hybridized carbons (Fsp3) is 0.500. The molecular formula is C20H25N3O3S3. The smallest absolute Gasteiger partial charge is 0.244 e. The molecule has 9 heteroatoms. The van der Waals surface area contributed by atoms with Crippen molar-refractivity contribution in [2.75, 3.05) is 18.2 Å². The summed E-state index contributed by atoms with van der Waals surface area (Å²) in [5.41, 5.74) is 3.33. The minimum Gasteiger partial charge on any atom is -0.354 e. The van der Waals surface area contributed by atoms with Gasteiger partial charge in [-0.05, 0) is 55.9 Å². The van der Waals surface area contributed by atoms with Gasteiger partial charge < -0.3 is 5.32 Å². The van der Waals surface area contributed by atoms with Crippen LogP contribution in [0.3, 0.4) is 0 Å². The van der Waals surface area contributed by atoms with Gasteiger partial charge in [-0.1, -0.05) is 6.07 Å². The Kier molecular flexibility index (Phi) is 6.29. The molecule has 2 aliphatic rings. The molecule has 0 unspecified atom stereocenters. The van der Waals surface area contributed by atoms with Crippen LogP contribution in [0.15, 0.2) is 28.5 Å². The minimum absolute atomic E-state index is 0.233. The zero-order valence-electron chi connectivity index (χ0n) is 16.4. The molecule has 0 radical (unpaired) electrons. The molecule has 1 saturated heterocycles. The van der Waals surface area contributed by atoms with Gasteiger partial charge in [-0.3, -0.25) is 4.79 Å². The number of amides is 1. The standard InChI is InChI=1S/C20H25N3O3S3/c1-14-22-17(11-28-14)8-9-21-20(24)19-12-27-13-23(19)29(25,26)18-7-6-15-4-2-3-5-16(15)10-18/h6-7,10-11,19H,2-5,8-9,12-13H2,1H3,(H,21,24)/t19-/m1/s1. The highest BCUT2D eigenvalue weighted by Gasteiger charge is 2.40. The van der Waals surface area contributed by atoms with Crippen LogP contribution in [0.5, 0.6) is 0 Å². The molecule has 1 amide bonds. The van der Waals surface area contributed by atoms with E-state index in [-0.39, 0.29) is 5.91 Å². The Morgan fingerprint density at radius 3 is 2.83 bits per heavy atom. The third-order valence-electron chi connectivity index (χ3n) is 5.42. The molecule has 1 aromatic heterocycles. The molecule has 1 atom stereocenters. The molecule has 1 fully saturated rings. The zero-order chi connectivity index (χ0) is 20.4. The Hall–Kier alpha value is -1.42. The molecule has 0 spiro atoms. The number of nitrogens with one attached hydrogen (secondary N) is 1. The lowest BCUT2D eigenvalue weighted by Crippen LogP contribution is -2.47. The summed E-state index contributed by atoms with van der Waals surface area (Å²) < 4.78 is 27.9. The van der Waals surface area contributed by atoms with Crippen LogP contribution in [0.1, 0.15) is 34.7 Å². The van der Waals surface area contributed by atoms with Crippen LogP contribution in [0.4, 0.5) is 0 Å². The molecule has 1 aromatic carbocycles. The number of carbonyl (C=O) groups is 1. The van der Waals surface area contributed by atoms with Crippen molar-refractivity contribution in [3.63, 3.8) is 0 Å². The first-order valence-electron chi connectivity index (χ1n) is 9.85. The van der Waals surface area contributed by atoms with Crippen LogP contribution in [0.2, 0.25) is 0 Å². The average molecular weight is 452 g/mol. The second-order valence-electron chi connectivity index (χ2n) is 7.44. The molecule has 4 rings (SSSR count). The Morgan fingerprint density at radius 1 is 1.28 bits per heavy atom. The maximum atomic E-state index is 13.3. The monoisotopic (exact) mass is 451 g/mol. The van der Waals surface area contributed by atoms with E-state index in [1.165, 1.54) is 21.6 Å². The predicted octanol–water partition coefficient (Wildman–Crippen LogP) is 2.75. The molecule has 156 valence electrons. The molecule has 0 bridgehead atoms.